The molecule has 3 N–H and O–H groups in total. The lowest BCUT2D eigenvalue weighted by molar-refractivity contribution is -0.0177. The first kappa shape index (κ1) is 35.8. The molecule has 49 heavy (non-hydrogen) atoms. The molecule has 4 aromatic rings. The smallest absolute Gasteiger partial charge is 0.323 e. The van der Waals surface area contributed by atoms with Gasteiger partial charge in [-0.25, -0.2) is 4.79 Å². The molecule has 0 saturated heterocycles. The third kappa shape index (κ3) is 9.78. The van der Waals surface area contributed by atoms with Gasteiger partial charge in [-0.15, -0.1) is 0 Å². The van der Waals surface area contributed by atoms with Gasteiger partial charge in [0.15, 0.2) is 0 Å². The second-order valence-corrected chi connectivity index (χ2v) is 13.2. The summed E-state index contributed by atoms with van der Waals surface area (Å²) in [6.07, 6.45) is 5.91. The van der Waals surface area contributed by atoms with E-state index in [1.807, 2.05) is 68.4 Å². The number of carbonyl (C=O) groups is 2. The van der Waals surface area contributed by atoms with Gasteiger partial charge < -0.3 is 30.1 Å². The van der Waals surface area contributed by atoms with E-state index in [0.717, 1.165) is 42.1 Å². The Balaban J connectivity index is 1.39. The zero-order chi connectivity index (χ0) is 34.8. The minimum absolute atomic E-state index is 0.0446. The van der Waals surface area contributed by atoms with Crippen molar-refractivity contribution in [3.05, 3.63) is 96.3 Å². The number of fused-ring (bicyclic) bond motifs is 2. The lowest BCUT2D eigenvalue weighted by Gasteiger charge is -2.36. The summed E-state index contributed by atoms with van der Waals surface area (Å²) < 4.78 is 12.8. The highest BCUT2D eigenvalue weighted by atomic mass is 16.5. The van der Waals surface area contributed by atoms with Gasteiger partial charge in [-0.1, -0.05) is 43.3 Å². The Hall–Kier alpha value is -4.51. The topological polar surface area (TPSA) is 116 Å². The van der Waals surface area contributed by atoms with E-state index in [1.165, 1.54) is 0 Å². The van der Waals surface area contributed by atoms with E-state index in [-0.39, 0.29) is 30.6 Å². The molecular weight excluding hydrogens is 618 g/mol. The summed E-state index contributed by atoms with van der Waals surface area (Å²) in [5.41, 5.74) is 2.62. The second-order valence-electron chi connectivity index (χ2n) is 13.2. The van der Waals surface area contributed by atoms with Gasteiger partial charge in [0.1, 0.15) is 5.75 Å². The Kier molecular flexibility index (Phi) is 12.6. The van der Waals surface area contributed by atoms with Crippen molar-refractivity contribution in [3.8, 4) is 5.75 Å². The molecule has 260 valence electrons. The fourth-order valence-electron chi connectivity index (χ4n) is 6.25. The summed E-state index contributed by atoms with van der Waals surface area (Å²) in [6, 6.07) is 21.9. The number of nitrogens with one attached hydrogen (secondary N) is 2. The maximum atomic E-state index is 14.5. The molecule has 0 spiro atoms. The first-order valence-electron chi connectivity index (χ1n) is 17.2. The van der Waals surface area contributed by atoms with Crippen LogP contribution in [-0.4, -0.2) is 83.4 Å². The van der Waals surface area contributed by atoms with Crippen LogP contribution < -0.4 is 15.4 Å². The predicted octanol–water partition coefficient (Wildman–Crippen LogP) is 6.81. The third-order valence-corrected chi connectivity index (χ3v) is 9.04. The van der Waals surface area contributed by atoms with Gasteiger partial charge in [-0.05, 0) is 87.5 Å². The largest absolute Gasteiger partial charge is 0.490 e. The van der Waals surface area contributed by atoms with Crippen molar-refractivity contribution < 1.29 is 24.2 Å². The number of aliphatic hydroxyl groups excluding tert-OH is 1. The van der Waals surface area contributed by atoms with Crippen LogP contribution in [0.2, 0.25) is 0 Å². The monoisotopic (exact) mass is 667 g/mol. The molecule has 1 aliphatic rings. The number of anilines is 2. The highest BCUT2D eigenvalue weighted by molar-refractivity contribution is 6.07. The number of hydrogen-bond acceptors (Lipinski definition) is 7. The third-order valence-electron chi connectivity index (χ3n) is 9.04. The number of aromatic nitrogens is 1. The quantitative estimate of drug-likeness (QED) is 0.189. The van der Waals surface area contributed by atoms with Crippen LogP contribution in [0.25, 0.3) is 10.8 Å². The molecule has 0 saturated carbocycles. The Morgan fingerprint density at radius 1 is 1.04 bits per heavy atom. The van der Waals surface area contributed by atoms with E-state index in [1.54, 1.807) is 35.5 Å². The van der Waals surface area contributed by atoms with Crippen molar-refractivity contribution in [2.24, 2.45) is 5.92 Å². The Labute approximate surface area is 289 Å². The van der Waals surface area contributed by atoms with E-state index in [0.29, 0.717) is 42.4 Å². The van der Waals surface area contributed by atoms with Gasteiger partial charge in [0, 0.05) is 55.6 Å². The zero-order valence-electron chi connectivity index (χ0n) is 29.0. The molecule has 0 unspecified atom stereocenters. The molecular formula is C39H49N5O5. The van der Waals surface area contributed by atoms with Crippen LogP contribution in [0.15, 0.2) is 85.2 Å². The molecule has 1 aromatic heterocycles. The van der Waals surface area contributed by atoms with Crippen LogP contribution >= 0.6 is 0 Å². The minimum atomic E-state index is -0.463. The number of nitrogens with zero attached hydrogens (tertiary/aromatic N) is 3. The number of likely N-dealkylation sites (N-methyl/N-ethyl adjacent to an activating group) is 1. The number of benzene rings is 3. The molecule has 0 bridgehead atoms. The van der Waals surface area contributed by atoms with Crippen molar-refractivity contribution in [1.29, 1.82) is 0 Å². The van der Waals surface area contributed by atoms with E-state index < -0.39 is 12.1 Å². The molecule has 1 aliphatic heterocycles. The van der Waals surface area contributed by atoms with Crippen molar-refractivity contribution in [2.45, 2.75) is 64.8 Å². The summed E-state index contributed by atoms with van der Waals surface area (Å²) in [5.74, 6) is 0.119. The number of rotatable bonds is 8. The number of amides is 3. The number of urea groups is 1. The van der Waals surface area contributed by atoms with E-state index in [9.17, 15) is 14.7 Å². The first-order chi connectivity index (χ1) is 23.7. The average molecular weight is 668 g/mol. The molecule has 10 nitrogen and oxygen atoms in total. The lowest BCUT2D eigenvalue weighted by Crippen LogP contribution is -2.47. The summed E-state index contributed by atoms with van der Waals surface area (Å²) >= 11 is 0. The maximum Gasteiger partial charge on any atom is 0.323 e. The SMILES string of the molecule is C[C@@H]1CCCCO[C@H](CN(C)Cc2ccncc2)[C@@H](C)CN([C@H](C)CO)C(=O)c2cc(NC(=O)Nc3cccc4ccccc34)ccc2O1. The molecule has 0 aliphatic carbocycles. The van der Waals surface area contributed by atoms with Crippen LogP contribution in [0.4, 0.5) is 16.2 Å². The van der Waals surface area contributed by atoms with E-state index in [2.05, 4.69) is 34.5 Å². The first-order valence-corrected chi connectivity index (χ1v) is 17.2. The van der Waals surface area contributed by atoms with Crippen molar-refractivity contribution >= 4 is 34.1 Å². The summed E-state index contributed by atoms with van der Waals surface area (Å²) in [6.45, 7) is 8.12. The normalized spacial score (nSPS) is 19.8. The lowest BCUT2D eigenvalue weighted by atomic mass is 10.0. The molecule has 0 radical (unpaired) electrons. The van der Waals surface area contributed by atoms with Gasteiger partial charge in [0.05, 0.1) is 36.1 Å². The van der Waals surface area contributed by atoms with Gasteiger partial charge in [-0.2, -0.15) is 0 Å². The molecule has 5 rings (SSSR count). The van der Waals surface area contributed by atoms with Crippen LogP contribution in [0.1, 0.15) is 56.0 Å². The van der Waals surface area contributed by atoms with Crippen LogP contribution in [0, 0.1) is 5.92 Å². The van der Waals surface area contributed by atoms with Crippen molar-refractivity contribution in [1.82, 2.24) is 14.8 Å². The van der Waals surface area contributed by atoms with Gasteiger partial charge >= 0.3 is 6.03 Å². The standard InChI is InChI=1S/C39H49N5O5/c1-27-23-44(28(2)26-45)38(46)34-22-32(41-39(47)42-35-14-9-12-31-11-5-6-13-33(31)35)15-16-36(34)49-29(3)10-7-8-21-48-37(27)25-43(4)24-30-17-19-40-20-18-30/h5-6,9,11-20,22,27-29,37,45H,7-8,10,21,23-26H2,1-4H3,(H2,41,42,47)/t27-,28+,29+,37+/m0/s1. The maximum absolute atomic E-state index is 14.5. The Morgan fingerprint density at radius 2 is 1.82 bits per heavy atom. The van der Waals surface area contributed by atoms with Crippen LogP contribution in [0.5, 0.6) is 5.75 Å². The van der Waals surface area contributed by atoms with E-state index in [4.69, 9.17) is 9.47 Å². The summed E-state index contributed by atoms with van der Waals surface area (Å²) in [4.78, 5) is 35.7. The molecule has 2 heterocycles. The number of carbonyl (C=O) groups excluding carboxylic acids is 2. The molecule has 3 amide bonds. The predicted molar refractivity (Wildman–Crippen MR) is 194 cm³/mol. The minimum Gasteiger partial charge on any atom is -0.490 e. The van der Waals surface area contributed by atoms with Crippen molar-refractivity contribution in [2.75, 3.05) is 44.0 Å². The highest BCUT2D eigenvalue weighted by Crippen LogP contribution is 2.29. The molecule has 10 heteroatoms. The van der Waals surface area contributed by atoms with Crippen LogP contribution in [-0.2, 0) is 11.3 Å². The second kappa shape index (κ2) is 17.2. The zero-order valence-corrected chi connectivity index (χ0v) is 29.0. The van der Waals surface area contributed by atoms with Gasteiger partial charge in [0.25, 0.3) is 5.91 Å². The number of aliphatic hydroxyl groups is 1. The van der Waals surface area contributed by atoms with Gasteiger partial charge in [0.2, 0.25) is 0 Å². The molecule has 3 aromatic carbocycles. The summed E-state index contributed by atoms with van der Waals surface area (Å²) in [5, 5.41) is 18.1. The van der Waals surface area contributed by atoms with Gasteiger partial charge in [-0.3, -0.25) is 14.7 Å². The fourth-order valence-corrected chi connectivity index (χ4v) is 6.25. The average Bonchev–Trinajstić information content (AvgIpc) is 3.10. The van der Waals surface area contributed by atoms with Crippen LogP contribution in [0.3, 0.4) is 0 Å². The number of hydrogen-bond donors (Lipinski definition) is 3. The highest BCUT2D eigenvalue weighted by Gasteiger charge is 2.30. The van der Waals surface area contributed by atoms with Crippen molar-refractivity contribution in [3.63, 3.8) is 0 Å². The molecule has 4 atom stereocenters. The number of pyridine rings is 1. The van der Waals surface area contributed by atoms with E-state index >= 15 is 0 Å². The Morgan fingerprint density at radius 3 is 2.61 bits per heavy atom. The Bertz CT molecular complexity index is 1680. The fraction of sp³-hybridized carbons (Fsp3) is 0.410. The molecule has 0 fully saturated rings. The summed E-state index contributed by atoms with van der Waals surface area (Å²) in [7, 11) is 2.07. The number of ether oxygens (including phenoxy) is 2.